The van der Waals surface area contributed by atoms with E-state index in [9.17, 15) is 14.4 Å². The lowest BCUT2D eigenvalue weighted by molar-refractivity contribution is -0.142. The number of hydrogen-bond donors (Lipinski definition) is 3. The van der Waals surface area contributed by atoms with Gasteiger partial charge in [-0.3, -0.25) is 9.59 Å². The summed E-state index contributed by atoms with van der Waals surface area (Å²) >= 11 is 0. The van der Waals surface area contributed by atoms with Crippen LogP contribution in [0.4, 0.5) is 0 Å². The number of aliphatic carboxylic acids is 1. The van der Waals surface area contributed by atoms with E-state index in [0.29, 0.717) is 12.0 Å². The third-order valence-corrected chi connectivity index (χ3v) is 1.88. The van der Waals surface area contributed by atoms with Crippen LogP contribution < -0.4 is 11.1 Å². The second-order valence-corrected chi connectivity index (χ2v) is 3.33. The number of carbonyl (C=O) groups excluding carboxylic acids is 2. The van der Waals surface area contributed by atoms with Gasteiger partial charge in [-0.15, -0.1) is 0 Å². The van der Waals surface area contributed by atoms with Crippen LogP contribution in [0.1, 0.15) is 26.7 Å². The van der Waals surface area contributed by atoms with Crippen LogP contribution in [0.25, 0.3) is 0 Å². The summed E-state index contributed by atoms with van der Waals surface area (Å²) in [5.41, 5.74) is 5.29. The van der Waals surface area contributed by atoms with Crippen LogP contribution in [0, 0.1) is 0 Å². The molecule has 2 amide bonds. The molecule has 0 aliphatic rings. The topological polar surface area (TPSA) is 109 Å². The third kappa shape index (κ3) is 5.14. The number of hydrogen-bond acceptors (Lipinski definition) is 3. The Labute approximate surface area is 93.5 Å². The molecule has 0 heterocycles. The molecule has 0 unspecified atom stereocenters. The smallest absolute Gasteiger partial charge is 0.326 e. The van der Waals surface area contributed by atoms with Gasteiger partial charge in [-0.2, -0.15) is 0 Å². The summed E-state index contributed by atoms with van der Waals surface area (Å²) in [4.78, 5) is 32.7. The summed E-state index contributed by atoms with van der Waals surface area (Å²) in [6, 6.07) is -1.27. The first-order valence-corrected chi connectivity index (χ1v) is 4.87. The van der Waals surface area contributed by atoms with Gasteiger partial charge in [-0.25, -0.2) is 4.79 Å². The molecule has 0 aliphatic carbocycles. The van der Waals surface area contributed by atoms with E-state index in [-0.39, 0.29) is 0 Å². The van der Waals surface area contributed by atoms with E-state index < -0.39 is 30.2 Å². The van der Waals surface area contributed by atoms with Gasteiger partial charge < -0.3 is 16.2 Å². The highest BCUT2D eigenvalue weighted by molar-refractivity contribution is 5.96. The SMILES string of the molecule is CC/C=C(/C)C(=O)N[C@H](CC(N)=O)C(=O)O. The molecule has 16 heavy (non-hydrogen) atoms. The molecule has 0 bridgehead atoms. The van der Waals surface area contributed by atoms with Crippen molar-refractivity contribution >= 4 is 17.8 Å². The Balaban J connectivity index is 4.52. The average Bonchev–Trinajstić information content (AvgIpc) is 2.16. The standard InChI is InChI=1S/C10H16N2O4/c1-3-4-6(2)9(14)12-7(10(15)16)5-8(11)13/h4,7H,3,5H2,1-2H3,(H2,11,13)(H,12,14)(H,15,16)/b6-4-/t7-/m1/s1. The van der Waals surface area contributed by atoms with Crippen molar-refractivity contribution in [2.24, 2.45) is 5.73 Å². The molecule has 0 aromatic rings. The molecule has 6 heteroatoms. The fourth-order valence-electron chi connectivity index (χ4n) is 1.07. The summed E-state index contributed by atoms with van der Waals surface area (Å²) < 4.78 is 0. The van der Waals surface area contributed by atoms with Crippen LogP contribution in [0.15, 0.2) is 11.6 Å². The Morgan fingerprint density at radius 1 is 1.44 bits per heavy atom. The first-order chi connectivity index (χ1) is 7.38. The number of carboxylic acid groups (broad SMARTS) is 1. The number of nitrogens with one attached hydrogen (secondary N) is 1. The van der Waals surface area contributed by atoms with E-state index in [1.165, 1.54) is 0 Å². The van der Waals surface area contributed by atoms with Gasteiger partial charge in [0.15, 0.2) is 0 Å². The highest BCUT2D eigenvalue weighted by Crippen LogP contribution is 1.98. The van der Waals surface area contributed by atoms with Gasteiger partial charge in [-0.1, -0.05) is 13.0 Å². The monoisotopic (exact) mass is 228 g/mol. The lowest BCUT2D eigenvalue weighted by Gasteiger charge is -2.12. The second-order valence-electron chi connectivity index (χ2n) is 3.33. The van der Waals surface area contributed by atoms with E-state index in [4.69, 9.17) is 10.8 Å². The maximum atomic E-state index is 11.4. The molecule has 90 valence electrons. The van der Waals surface area contributed by atoms with Gasteiger partial charge in [0.1, 0.15) is 6.04 Å². The van der Waals surface area contributed by atoms with Gasteiger partial charge >= 0.3 is 5.97 Å². The van der Waals surface area contributed by atoms with Crippen LogP contribution in [0.3, 0.4) is 0 Å². The third-order valence-electron chi connectivity index (χ3n) is 1.88. The van der Waals surface area contributed by atoms with Crippen molar-refractivity contribution in [1.82, 2.24) is 5.32 Å². The summed E-state index contributed by atoms with van der Waals surface area (Å²) in [5.74, 6) is -2.56. The van der Waals surface area contributed by atoms with E-state index >= 15 is 0 Å². The minimum atomic E-state index is -1.28. The van der Waals surface area contributed by atoms with Crippen molar-refractivity contribution in [3.63, 3.8) is 0 Å². The van der Waals surface area contributed by atoms with Gasteiger partial charge in [0.05, 0.1) is 6.42 Å². The zero-order valence-electron chi connectivity index (χ0n) is 9.32. The molecule has 4 N–H and O–H groups in total. The van der Waals surface area contributed by atoms with Crippen molar-refractivity contribution in [3.8, 4) is 0 Å². The lowest BCUT2D eigenvalue weighted by atomic mass is 10.1. The predicted molar refractivity (Wildman–Crippen MR) is 57.4 cm³/mol. The van der Waals surface area contributed by atoms with Crippen LogP contribution in [0.5, 0.6) is 0 Å². The van der Waals surface area contributed by atoms with Crippen molar-refractivity contribution in [2.45, 2.75) is 32.7 Å². The molecule has 0 radical (unpaired) electrons. The Morgan fingerprint density at radius 3 is 2.38 bits per heavy atom. The fraction of sp³-hybridized carbons (Fsp3) is 0.500. The highest BCUT2D eigenvalue weighted by atomic mass is 16.4. The minimum Gasteiger partial charge on any atom is -0.480 e. The van der Waals surface area contributed by atoms with Gasteiger partial charge in [0.2, 0.25) is 11.8 Å². The molecule has 0 aromatic heterocycles. The molecular formula is C10H16N2O4. The van der Waals surface area contributed by atoms with Gasteiger partial charge in [-0.05, 0) is 13.3 Å². The first-order valence-electron chi connectivity index (χ1n) is 4.87. The number of carboxylic acids is 1. The Bertz CT molecular complexity index is 323. The first kappa shape index (κ1) is 14.2. The lowest BCUT2D eigenvalue weighted by Crippen LogP contribution is -2.43. The maximum absolute atomic E-state index is 11.4. The molecular weight excluding hydrogens is 212 g/mol. The molecule has 0 spiro atoms. The summed E-state index contributed by atoms with van der Waals surface area (Å²) in [6.45, 7) is 3.43. The summed E-state index contributed by atoms with van der Waals surface area (Å²) in [7, 11) is 0. The average molecular weight is 228 g/mol. The number of allylic oxidation sites excluding steroid dienone is 1. The van der Waals surface area contributed by atoms with E-state index in [1.807, 2.05) is 6.92 Å². The molecule has 0 aliphatic heterocycles. The van der Waals surface area contributed by atoms with Gasteiger partial charge in [0.25, 0.3) is 0 Å². The fourth-order valence-corrected chi connectivity index (χ4v) is 1.07. The zero-order chi connectivity index (χ0) is 12.7. The molecule has 0 rings (SSSR count). The number of carbonyl (C=O) groups is 3. The molecule has 1 atom stereocenters. The molecule has 0 aromatic carbocycles. The number of primary amides is 1. The van der Waals surface area contributed by atoms with Crippen molar-refractivity contribution in [1.29, 1.82) is 0 Å². The van der Waals surface area contributed by atoms with E-state index in [0.717, 1.165) is 0 Å². The normalized spacial score (nSPS) is 13.0. The maximum Gasteiger partial charge on any atom is 0.326 e. The Hall–Kier alpha value is -1.85. The predicted octanol–water partition coefficient (Wildman–Crippen LogP) is -0.212. The van der Waals surface area contributed by atoms with Crippen LogP contribution in [-0.2, 0) is 14.4 Å². The number of amides is 2. The van der Waals surface area contributed by atoms with E-state index in [1.54, 1.807) is 13.0 Å². The minimum absolute atomic E-state index is 0.415. The molecule has 0 fully saturated rings. The molecule has 0 saturated carbocycles. The Morgan fingerprint density at radius 2 is 2.00 bits per heavy atom. The summed E-state index contributed by atoms with van der Waals surface area (Å²) in [6.07, 6.45) is 1.92. The second kappa shape index (κ2) is 6.60. The molecule has 6 nitrogen and oxygen atoms in total. The van der Waals surface area contributed by atoms with E-state index in [2.05, 4.69) is 5.32 Å². The summed E-state index contributed by atoms with van der Waals surface area (Å²) in [5, 5.41) is 11.0. The largest absolute Gasteiger partial charge is 0.480 e. The number of nitrogens with two attached hydrogens (primary N) is 1. The Kier molecular flexibility index (Phi) is 5.84. The number of rotatable bonds is 6. The van der Waals surface area contributed by atoms with Crippen molar-refractivity contribution < 1.29 is 19.5 Å². The van der Waals surface area contributed by atoms with Crippen LogP contribution in [-0.4, -0.2) is 28.9 Å². The zero-order valence-corrected chi connectivity index (χ0v) is 9.32. The molecule has 0 saturated heterocycles. The van der Waals surface area contributed by atoms with Crippen LogP contribution >= 0.6 is 0 Å². The van der Waals surface area contributed by atoms with Gasteiger partial charge in [0, 0.05) is 5.57 Å². The van der Waals surface area contributed by atoms with Crippen molar-refractivity contribution in [2.75, 3.05) is 0 Å². The van der Waals surface area contributed by atoms with Crippen LogP contribution in [0.2, 0.25) is 0 Å². The van der Waals surface area contributed by atoms with Crippen molar-refractivity contribution in [3.05, 3.63) is 11.6 Å². The quantitative estimate of drug-likeness (QED) is 0.546. The highest BCUT2D eigenvalue weighted by Gasteiger charge is 2.22.